The third-order valence-electron chi connectivity index (χ3n) is 2.11. The van der Waals surface area contributed by atoms with Crippen LogP contribution in [-0.4, -0.2) is 18.5 Å². The van der Waals surface area contributed by atoms with Crippen LogP contribution in [0.1, 0.15) is 12.5 Å². The van der Waals surface area contributed by atoms with Crippen LogP contribution in [0.5, 0.6) is 0 Å². The van der Waals surface area contributed by atoms with E-state index in [1.165, 1.54) is 12.1 Å². The van der Waals surface area contributed by atoms with E-state index >= 15 is 0 Å². The van der Waals surface area contributed by atoms with Crippen molar-refractivity contribution < 1.29 is 13.5 Å². The fraction of sp³-hybridized carbons (Fsp3) is 0.300. The van der Waals surface area contributed by atoms with Crippen molar-refractivity contribution >= 4 is 9.84 Å². The molecule has 4 nitrogen and oxygen atoms in total. The minimum Gasteiger partial charge on any atom is -0.363 e. The molecule has 0 saturated carbocycles. The molecule has 0 aliphatic heterocycles. The van der Waals surface area contributed by atoms with Crippen molar-refractivity contribution in [2.75, 3.05) is 0 Å². The molecule has 5 heteroatoms. The predicted molar refractivity (Wildman–Crippen MR) is 54.6 cm³/mol. The Hall–Kier alpha value is -1.38. The van der Waals surface area contributed by atoms with E-state index in [0.29, 0.717) is 5.56 Å². The summed E-state index contributed by atoms with van der Waals surface area (Å²) in [5, 5.41) is 18.1. The number of benzene rings is 1. The van der Waals surface area contributed by atoms with Gasteiger partial charge in [0.25, 0.3) is 4.93 Å². The molecule has 1 N–H and O–H groups in total. The summed E-state index contributed by atoms with van der Waals surface area (Å²) in [6.45, 7) is 2.58. The lowest BCUT2D eigenvalue weighted by atomic mass is 10.2. The summed E-state index contributed by atoms with van der Waals surface area (Å²) < 4.78 is 23.7. The van der Waals surface area contributed by atoms with E-state index in [4.69, 9.17) is 5.26 Å². The van der Waals surface area contributed by atoms with E-state index in [0.717, 1.165) is 6.92 Å². The van der Waals surface area contributed by atoms with Crippen LogP contribution >= 0.6 is 0 Å². The maximum atomic E-state index is 11.8. The maximum absolute atomic E-state index is 11.8. The van der Waals surface area contributed by atoms with Gasteiger partial charge in [-0.05, 0) is 25.5 Å². The standard InChI is InChI=1S/C10H11NO3S/c1-8-5-3-4-6-9(8)15(13,14)10(2,12)7-11/h3-6,12H,1-2H3. The molecule has 0 bridgehead atoms. The largest absolute Gasteiger partial charge is 0.363 e. The zero-order valence-corrected chi connectivity index (χ0v) is 9.25. The minimum atomic E-state index is -4.02. The van der Waals surface area contributed by atoms with Crippen LogP contribution in [0.3, 0.4) is 0 Å². The molecule has 0 saturated heterocycles. The van der Waals surface area contributed by atoms with E-state index in [1.54, 1.807) is 25.1 Å². The van der Waals surface area contributed by atoms with Crippen molar-refractivity contribution in [3.63, 3.8) is 0 Å². The first-order valence-corrected chi connectivity index (χ1v) is 5.75. The second kappa shape index (κ2) is 3.65. The smallest absolute Gasteiger partial charge is 0.255 e. The second-order valence-electron chi connectivity index (χ2n) is 3.36. The number of nitrogens with zero attached hydrogens (tertiary/aromatic N) is 1. The predicted octanol–water partition coefficient (Wildman–Crippen LogP) is 1.00. The number of hydrogen-bond donors (Lipinski definition) is 1. The Labute approximate surface area is 88.7 Å². The lowest BCUT2D eigenvalue weighted by Gasteiger charge is -2.16. The van der Waals surface area contributed by atoms with Gasteiger partial charge in [0, 0.05) is 0 Å². The van der Waals surface area contributed by atoms with Crippen LogP contribution in [0.4, 0.5) is 0 Å². The van der Waals surface area contributed by atoms with Crippen LogP contribution in [-0.2, 0) is 9.84 Å². The van der Waals surface area contributed by atoms with E-state index in [9.17, 15) is 13.5 Å². The Balaban J connectivity index is 3.45. The molecule has 15 heavy (non-hydrogen) atoms. The highest BCUT2D eigenvalue weighted by atomic mass is 32.2. The summed E-state index contributed by atoms with van der Waals surface area (Å²) in [5.41, 5.74) is 0.507. The molecule has 0 aliphatic rings. The molecule has 1 rings (SSSR count). The van der Waals surface area contributed by atoms with Gasteiger partial charge in [-0.2, -0.15) is 5.26 Å². The zero-order chi connectivity index (χ0) is 11.7. The molecule has 80 valence electrons. The quantitative estimate of drug-likeness (QED) is 0.761. The van der Waals surface area contributed by atoms with Gasteiger partial charge in [0.1, 0.15) is 6.07 Å². The van der Waals surface area contributed by atoms with Gasteiger partial charge in [-0.25, -0.2) is 8.42 Å². The van der Waals surface area contributed by atoms with Gasteiger partial charge >= 0.3 is 0 Å². The molecule has 0 spiro atoms. The second-order valence-corrected chi connectivity index (χ2v) is 5.61. The van der Waals surface area contributed by atoms with Gasteiger partial charge in [-0.3, -0.25) is 0 Å². The van der Waals surface area contributed by atoms with Crippen molar-refractivity contribution in [1.29, 1.82) is 5.26 Å². The number of sulfone groups is 1. The molecular weight excluding hydrogens is 214 g/mol. The Morgan fingerprint density at radius 3 is 2.40 bits per heavy atom. The average Bonchev–Trinajstić information content (AvgIpc) is 2.18. The summed E-state index contributed by atoms with van der Waals surface area (Å²) in [7, 11) is -4.02. The summed E-state index contributed by atoms with van der Waals surface area (Å²) in [5.74, 6) is 0. The normalized spacial score (nSPS) is 15.3. The molecule has 0 amide bonds. The molecule has 0 aliphatic carbocycles. The lowest BCUT2D eigenvalue weighted by molar-refractivity contribution is 0.201. The monoisotopic (exact) mass is 225 g/mol. The fourth-order valence-corrected chi connectivity index (χ4v) is 2.43. The van der Waals surface area contributed by atoms with E-state index < -0.39 is 14.8 Å². The Kier molecular flexibility index (Phi) is 2.84. The van der Waals surface area contributed by atoms with E-state index in [-0.39, 0.29) is 4.90 Å². The van der Waals surface area contributed by atoms with Crippen LogP contribution in [0, 0.1) is 18.3 Å². The minimum absolute atomic E-state index is 0.0171. The van der Waals surface area contributed by atoms with Crippen molar-refractivity contribution in [2.24, 2.45) is 0 Å². The lowest BCUT2D eigenvalue weighted by Crippen LogP contribution is -2.33. The fourth-order valence-electron chi connectivity index (χ4n) is 1.13. The van der Waals surface area contributed by atoms with Crippen LogP contribution in [0.2, 0.25) is 0 Å². The molecule has 0 heterocycles. The first kappa shape index (κ1) is 11.7. The van der Waals surface area contributed by atoms with E-state index in [2.05, 4.69) is 0 Å². The number of aliphatic hydroxyl groups is 1. The van der Waals surface area contributed by atoms with Crippen LogP contribution in [0.15, 0.2) is 29.2 Å². The van der Waals surface area contributed by atoms with Crippen LogP contribution < -0.4 is 0 Å². The third-order valence-corrected chi connectivity index (χ3v) is 4.29. The molecule has 0 fully saturated rings. The van der Waals surface area contributed by atoms with Crippen LogP contribution in [0.25, 0.3) is 0 Å². The molecule has 1 aromatic rings. The maximum Gasteiger partial charge on any atom is 0.255 e. The SMILES string of the molecule is Cc1ccccc1S(=O)(=O)C(C)(O)C#N. The first-order chi connectivity index (χ1) is 6.83. The summed E-state index contributed by atoms with van der Waals surface area (Å²) in [4.78, 5) is -2.41. The van der Waals surface area contributed by atoms with Gasteiger partial charge < -0.3 is 5.11 Å². The summed E-state index contributed by atoms with van der Waals surface area (Å²) in [6.07, 6.45) is 0. The van der Waals surface area contributed by atoms with Gasteiger partial charge in [0.05, 0.1) is 4.90 Å². The summed E-state index contributed by atoms with van der Waals surface area (Å²) in [6, 6.07) is 7.60. The zero-order valence-electron chi connectivity index (χ0n) is 8.43. The Bertz CT molecular complexity index is 512. The molecule has 0 aromatic heterocycles. The van der Waals surface area contributed by atoms with Crippen molar-refractivity contribution in [1.82, 2.24) is 0 Å². The molecular formula is C10H11NO3S. The van der Waals surface area contributed by atoms with Gasteiger partial charge in [-0.1, -0.05) is 18.2 Å². The van der Waals surface area contributed by atoms with Gasteiger partial charge in [0.2, 0.25) is 9.84 Å². The van der Waals surface area contributed by atoms with Crippen molar-refractivity contribution in [2.45, 2.75) is 23.7 Å². The molecule has 1 atom stereocenters. The summed E-state index contributed by atoms with van der Waals surface area (Å²) >= 11 is 0. The Morgan fingerprint density at radius 2 is 1.93 bits per heavy atom. The Morgan fingerprint density at radius 1 is 1.40 bits per heavy atom. The number of rotatable bonds is 2. The topological polar surface area (TPSA) is 78.2 Å². The number of nitriles is 1. The van der Waals surface area contributed by atoms with Crippen molar-refractivity contribution in [3.8, 4) is 6.07 Å². The number of hydrogen-bond acceptors (Lipinski definition) is 4. The third kappa shape index (κ3) is 1.87. The average molecular weight is 225 g/mol. The molecule has 0 radical (unpaired) electrons. The van der Waals surface area contributed by atoms with Gasteiger partial charge in [-0.15, -0.1) is 0 Å². The van der Waals surface area contributed by atoms with Crippen molar-refractivity contribution in [3.05, 3.63) is 29.8 Å². The highest BCUT2D eigenvalue weighted by Crippen LogP contribution is 2.25. The van der Waals surface area contributed by atoms with E-state index in [1.807, 2.05) is 0 Å². The molecule has 1 unspecified atom stereocenters. The van der Waals surface area contributed by atoms with Gasteiger partial charge in [0.15, 0.2) is 0 Å². The highest BCUT2D eigenvalue weighted by Gasteiger charge is 2.39. The number of aryl methyl sites for hydroxylation is 1. The molecule has 1 aromatic carbocycles. The highest BCUT2D eigenvalue weighted by molar-refractivity contribution is 7.92. The first-order valence-electron chi connectivity index (χ1n) is 4.27.